The van der Waals surface area contributed by atoms with Crippen molar-refractivity contribution in [2.24, 2.45) is 0 Å². The molecule has 0 aromatic rings. The van der Waals surface area contributed by atoms with Crippen LogP contribution < -0.4 is 10.6 Å². The molecule has 490 valence electrons. The fourth-order valence-electron chi connectivity index (χ4n) is 10.8. The molecule has 32 heteroatoms. The van der Waals surface area contributed by atoms with Crippen molar-refractivity contribution in [1.82, 2.24) is 10.6 Å². The summed E-state index contributed by atoms with van der Waals surface area (Å²) >= 11 is 0. The molecule has 26 atom stereocenters. The highest BCUT2D eigenvalue weighted by Gasteiger charge is 2.61. The number of carboxylic acid groups (broad SMARTS) is 1. The van der Waals surface area contributed by atoms with Crippen LogP contribution in [0.3, 0.4) is 0 Å². The maximum Gasteiger partial charge on any atom is 0.364 e. The summed E-state index contributed by atoms with van der Waals surface area (Å²) < 4.78 is 58.6. The molecule has 0 bridgehead atoms. The molecular formula is C52H94N2O29Si. The second-order valence-electron chi connectivity index (χ2n) is 23.5. The van der Waals surface area contributed by atoms with Crippen LogP contribution in [-0.2, 0) is 61.8 Å². The van der Waals surface area contributed by atoms with Gasteiger partial charge in [-0.3, -0.25) is 9.59 Å². The first-order chi connectivity index (χ1) is 39.7. The van der Waals surface area contributed by atoms with Crippen LogP contribution >= 0.6 is 0 Å². The summed E-state index contributed by atoms with van der Waals surface area (Å²) in [4.78, 5) is 39.1. The highest BCUT2D eigenvalue weighted by molar-refractivity contribution is 6.76. The van der Waals surface area contributed by atoms with Crippen molar-refractivity contribution in [3.05, 3.63) is 0 Å². The van der Waals surface area contributed by atoms with Crippen LogP contribution in [0.5, 0.6) is 0 Å². The molecule has 0 aromatic carbocycles. The number of aliphatic carboxylic acids is 1. The minimum Gasteiger partial charge on any atom is -0.477 e. The van der Waals surface area contributed by atoms with Gasteiger partial charge in [0.2, 0.25) is 11.8 Å². The third-order valence-electron chi connectivity index (χ3n) is 15.7. The topological polar surface area (TPSA) is 491 Å². The number of unbranched alkanes of at least 4 members (excludes halogenated alkanes) is 8. The van der Waals surface area contributed by atoms with E-state index in [-0.39, 0.29) is 13.0 Å². The Morgan fingerprint density at radius 3 is 1.58 bits per heavy atom. The van der Waals surface area contributed by atoms with E-state index in [1.807, 2.05) is 0 Å². The maximum absolute atomic E-state index is 13.8. The maximum atomic E-state index is 13.8. The standard InChI is InChI=1S/C52H94N2O29Si/c1-6-7-8-9-10-11-12-13-14-15-31(63)54-33-37(67)42(79-50-41(71)46(36(66)28(21-57)76-50)83-52(51(72)73)18-25(61)32(53-24(2)60)44(82-52)34(64)26(62)19-55)29(22-58)77-47(33)81-45-35(65)27(20-56)75-49(40(45)70)80-43-30(23-59)78-48(39(69)38(43)68)74-16-17-84(3,4)5/h25-30,32-50,55-59,61-62,64-71H,6-23H2,1-5H3,(H,53,60)(H,54,63)(H,72,73)/t25-,26+,27+,28+,29+,30+,32+,33+,34+,35-,36-,37+,38+,39+,40+,41+,42+,43+,44+,45-,46-,47-,48+,49-,50-,52-/m0/s1. The number of rotatable bonds is 32. The minimum absolute atomic E-state index is 0.121. The monoisotopic (exact) mass is 1240 g/mol. The summed E-state index contributed by atoms with van der Waals surface area (Å²) in [6.07, 6.45) is -37.8. The molecule has 0 saturated carbocycles. The van der Waals surface area contributed by atoms with Crippen LogP contribution in [0.2, 0.25) is 25.7 Å². The van der Waals surface area contributed by atoms with Gasteiger partial charge in [-0.15, -0.1) is 0 Å². The van der Waals surface area contributed by atoms with Gasteiger partial charge < -0.3 is 140 Å². The van der Waals surface area contributed by atoms with Gasteiger partial charge in [-0.05, 0) is 12.5 Å². The highest BCUT2D eigenvalue weighted by atomic mass is 28.3. The zero-order valence-electron chi connectivity index (χ0n) is 48.1. The fraction of sp³-hybridized carbons (Fsp3) is 0.942. The van der Waals surface area contributed by atoms with Crippen molar-refractivity contribution < 1.29 is 143 Å². The lowest BCUT2D eigenvalue weighted by molar-refractivity contribution is -0.390. The minimum atomic E-state index is -3.17. The third kappa shape index (κ3) is 18.6. The second kappa shape index (κ2) is 33.4. The number of hydrogen-bond donors (Lipinski definition) is 18. The average molecular weight is 1240 g/mol. The average Bonchev–Trinajstić information content (AvgIpc) is 1.37. The number of ether oxygens (including phenoxy) is 10. The van der Waals surface area contributed by atoms with Crippen LogP contribution in [0.1, 0.15) is 84.5 Å². The lowest BCUT2D eigenvalue weighted by Gasteiger charge is -2.51. The molecule has 5 fully saturated rings. The summed E-state index contributed by atoms with van der Waals surface area (Å²) in [6.45, 7) is 4.51. The lowest BCUT2D eigenvalue weighted by Crippen LogP contribution is -2.71. The summed E-state index contributed by atoms with van der Waals surface area (Å²) in [5, 5.41) is 181. The van der Waals surface area contributed by atoms with Gasteiger partial charge >= 0.3 is 5.97 Å². The normalized spacial score (nSPS) is 40.2. The molecule has 0 spiro atoms. The van der Waals surface area contributed by atoms with Gasteiger partial charge in [0.15, 0.2) is 25.2 Å². The van der Waals surface area contributed by atoms with Gasteiger partial charge in [-0.1, -0.05) is 77.9 Å². The molecule has 2 amide bonds. The van der Waals surface area contributed by atoms with Crippen molar-refractivity contribution in [3.63, 3.8) is 0 Å². The molecule has 5 saturated heterocycles. The Morgan fingerprint density at radius 2 is 1.07 bits per heavy atom. The van der Waals surface area contributed by atoms with Crippen LogP contribution in [0, 0.1) is 0 Å². The van der Waals surface area contributed by atoms with E-state index in [9.17, 15) is 96.1 Å². The van der Waals surface area contributed by atoms with E-state index in [0.717, 1.165) is 51.9 Å². The van der Waals surface area contributed by atoms with Crippen LogP contribution in [0.4, 0.5) is 0 Å². The van der Waals surface area contributed by atoms with E-state index in [4.69, 9.17) is 47.4 Å². The number of carboxylic acids is 1. The fourth-order valence-corrected chi connectivity index (χ4v) is 11.5. The van der Waals surface area contributed by atoms with Gasteiger partial charge in [0, 0.05) is 34.4 Å². The zero-order chi connectivity index (χ0) is 62.4. The van der Waals surface area contributed by atoms with Gasteiger partial charge in [0.1, 0.15) is 116 Å². The van der Waals surface area contributed by atoms with E-state index >= 15 is 0 Å². The predicted molar refractivity (Wildman–Crippen MR) is 285 cm³/mol. The van der Waals surface area contributed by atoms with E-state index in [1.54, 1.807) is 0 Å². The highest BCUT2D eigenvalue weighted by Crippen LogP contribution is 2.40. The first-order valence-electron chi connectivity index (χ1n) is 28.9. The Balaban J connectivity index is 1.42. The van der Waals surface area contributed by atoms with Gasteiger partial charge in [0.05, 0.1) is 45.2 Å². The van der Waals surface area contributed by atoms with Crippen LogP contribution in [0.15, 0.2) is 0 Å². The number of carbonyl (C=O) groups excluding carboxylic acids is 2. The Bertz CT molecular complexity index is 1980. The van der Waals surface area contributed by atoms with Gasteiger partial charge in [0.25, 0.3) is 5.79 Å². The van der Waals surface area contributed by atoms with E-state index in [2.05, 4.69) is 37.2 Å². The van der Waals surface area contributed by atoms with Crippen molar-refractivity contribution in [1.29, 1.82) is 0 Å². The number of aliphatic hydroxyl groups is 15. The number of nitrogens with one attached hydrogen (secondary N) is 2. The second-order valence-corrected chi connectivity index (χ2v) is 29.1. The van der Waals surface area contributed by atoms with Crippen molar-refractivity contribution in [2.45, 2.75) is 269 Å². The molecule has 31 nitrogen and oxygen atoms in total. The summed E-state index contributed by atoms with van der Waals surface area (Å²) in [5.74, 6) is -6.71. The number of amides is 2. The third-order valence-corrected chi connectivity index (χ3v) is 17.4. The van der Waals surface area contributed by atoms with Gasteiger partial charge in [-0.25, -0.2) is 4.79 Å². The summed E-state index contributed by atoms with van der Waals surface area (Å²) in [7, 11) is -1.62. The molecule has 0 aromatic heterocycles. The molecule has 0 aliphatic carbocycles. The molecule has 5 rings (SSSR count). The molecule has 18 N–H and O–H groups in total. The van der Waals surface area contributed by atoms with Crippen LogP contribution in [0.25, 0.3) is 0 Å². The van der Waals surface area contributed by atoms with E-state index < -0.39 is 224 Å². The first-order valence-corrected chi connectivity index (χ1v) is 32.6. The predicted octanol–water partition coefficient (Wildman–Crippen LogP) is -6.17. The van der Waals surface area contributed by atoms with E-state index in [1.165, 1.54) is 0 Å². The Labute approximate surface area is 487 Å². The van der Waals surface area contributed by atoms with Crippen LogP contribution in [-0.4, -0.2) is 306 Å². The Kier molecular flexibility index (Phi) is 28.8. The first kappa shape index (κ1) is 72.4. The van der Waals surface area contributed by atoms with E-state index in [0.29, 0.717) is 18.9 Å². The Hall–Kier alpha value is -2.37. The molecule has 5 aliphatic rings. The number of aliphatic hydroxyl groups excluding tert-OH is 15. The lowest BCUT2D eigenvalue weighted by atomic mass is 9.88. The number of carbonyl (C=O) groups is 3. The molecule has 0 radical (unpaired) electrons. The molecule has 0 unspecified atom stereocenters. The zero-order valence-corrected chi connectivity index (χ0v) is 49.1. The molecule has 5 heterocycles. The molecule has 84 heavy (non-hydrogen) atoms. The Morgan fingerprint density at radius 1 is 0.583 bits per heavy atom. The van der Waals surface area contributed by atoms with Crippen molar-refractivity contribution in [3.8, 4) is 0 Å². The quantitative estimate of drug-likeness (QED) is 0.0220. The van der Waals surface area contributed by atoms with Gasteiger partial charge in [-0.2, -0.15) is 0 Å². The largest absolute Gasteiger partial charge is 0.477 e. The van der Waals surface area contributed by atoms with Crippen molar-refractivity contribution in [2.75, 3.05) is 39.6 Å². The van der Waals surface area contributed by atoms with Crippen molar-refractivity contribution >= 4 is 25.9 Å². The summed E-state index contributed by atoms with van der Waals surface area (Å²) in [6, 6.07) is -2.79. The number of hydrogen-bond acceptors (Lipinski definition) is 28. The SMILES string of the molecule is CCCCCCCCCCCC(=O)N[C@H]1[C@H](O[C@H]2[C@@H](O)[C@@H](CO)O[C@@H](O[C@H]3[C@H](O)[C@@H](O)[C@H](OCC[Si](C)(C)C)O[C@@H]3CO)[C@@H]2O)O[C@H](CO)[C@@H](O[C@@H]2O[C@H](CO)[C@H](O)[C@H](O[C@]3(C(=O)O)C[C@H](O)[C@@H](NC(C)=O)[C@H]([C@H](O)[C@H](O)CO)O3)[C@H]2O)[C@@H]1O. The summed E-state index contributed by atoms with van der Waals surface area (Å²) in [5.41, 5.74) is 0. The molecule has 5 aliphatic heterocycles. The molecular weight excluding hydrogens is 1140 g/mol. The smallest absolute Gasteiger partial charge is 0.364 e.